The monoisotopic (exact) mass is 326 g/mol. The predicted molar refractivity (Wildman–Crippen MR) is 88.8 cm³/mol. The zero-order valence-electron chi connectivity index (χ0n) is 13.7. The van der Waals surface area contributed by atoms with Crippen molar-refractivity contribution in [1.82, 2.24) is 4.90 Å². The summed E-state index contributed by atoms with van der Waals surface area (Å²) in [6, 6.07) is 7.23. The maximum Gasteiger partial charge on any atom is 0.201 e. The molecule has 5 nitrogen and oxygen atoms in total. The fourth-order valence-electron chi connectivity index (χ4n) is 6.40. The van der Waals surface area contributed by atoms with Crippen LogP contribution in [0.4, 0.5) is 5.69 Å². The molecule has 0 amide bonds. The van der Waals surface area contributed by atoms with Crippen LogP contribution in [-0.4, -0.2) is 48.6 Å². The topological polar surface area (TPSA) is 54.0 Å². The predicted octanol–water partition coefficient (Wildman–Crippen LogP) is 1.68. The average Bonchev–Trinajstić information content (AvgIpc) is 3.15. The lowest BCUT2D eigenvalue weighted by molar-refractivity contribution is -0.149. The molecule has 6 unspecified atom stereocenters. The summed E-state index contributed by atoms with van der Waals surface area (Å²) < 4.78 is 11.1. The highest BCUT2D eigenvalue weighted by Gasteiger charge is 2.67. The van der Waals surface area contributed by atoms with Crippen molar-refractivity contribution in [2.24, 2.45) is 11.8 Å². The molecule has 4 aliphatic heterocycles. The third kappa shape index (κ3) is 1.37. The van der Waals surface area contributed by atoms with Crippen molar-refractivity contribution < 1.29 is 14.6 Å². The summed E-state index contributed by atoms with van der Waals surface area (Å²) in [5.41, 5.74) is 4.05. The molecule has 1 spiro atoms. The Morgan fingerprint density at radius 1 is 1.42 bits per heavy atom. The maximum atomic E-state index is 10.6. The third-order valence-electron chi connectivity index (χ3n) is 7.32. The van der Waals surface area contributed by atoms with Crippen molar-refractivity contribution in [3.63, 3.8) is 0 Å². The van der Waals surface area contributed by atoms with Gasteiger partial charge in [-0.25, -0.2) is 0 Å². The number of fused-ring (bicyclic) bond motifs is 2. The first-order valence-electron chi connectivity index (χ1n) is 8.94. The number of anilines is 1. The van der Waals surface area contributed by atoms with Gasteiger partial charge in [0.05, 0.1) is 13.4 Å². The number of piperidine rings is 1. The zero-order chi connectivity index (χ0) is 16.1. The van der Waals surface area contributed by atoms with Gasteiger partial charge in [0.1, 0.15) is 5.75 Å². The van der Waals surface area contributed by atoms with E-state index in [4.69, 9.17) is 9.47 Å². The number of nitrogens with one attached hydrogen (secondary N) is 1. The van der Waals surface area contributed by atoms with E-state index in [0.29, 0.717) is 12.0 Å². The number of aliphatic hydroxyl groups is 1. The Morgan fingerprint density at radius 3 is 3.21 bits per heavy atom. The van der Waals surface area contributed by atoms with E-state index < -0.39 is 6.29 Å². The van der Waals surface area contributed by atoms with Crippen LogP contribution in [0.15, 0.2) is 30.0 Å². The van der Waals surface area contributed by atoms with E-state index in [-0.39, 0.29) is 17.4 Å². The molecular weight excluding hydrogens is 304 g/mol. The molecule has 1 aliphatic carbocycles. The van der Waals surface area contributed by atoms with Gasteiger partial charge in [-0.3, -0.25) is 4.90 Å². The molecule has 5 heteroatoms. The van der Waals surface area contributed by atoms with E-state index in [0.717, 1.165) is 31.7 Å². The second-order valence-electron chi connectivity index (χ2n) is 7.95. The smallest absolute Gasteiger partial charge is 0.201 e. The maximum absolute atomic E-state index is 10.6. The van der Waals surface area contributed by atoms with E-state index in [9.17, 15) is 5.11 Å². The second kappa shape index (κ2) is 4.27. The van der Waals surface area contributed by atoms with Crippen molar-refractivity contribution in [3.05, 3.63) is 35.6 Å². The van der Waals surface area contributed by atoms with Gasteiger partial charge < -0.3 is 19.9 Å². The first-order valence-corrected chi connectivity index (χ1v) is 8.94. The van der Waals surface area contributed by atoms with Gasteiger partial charge in [-0.05, 0) is 42.5 Å². The minimum atomic E-state index is -0.711. The van der Waals surface area contributed by atoms with Gasteiger partial charge in [-0.1, -0.05) is 6.07 Å². The molecular formula is C19H22N2O3. The lowest BCUT2D eigenvalue weighted by Gasteiger charge is -2.56. The van der Waals surface area contributed by atoms with Crippen LogP contribution >= 0.6 is 0 Å². The Balaban J connectivity index is 1.57. The van der Waals surface area contributed by atoms with Crippen molar-refractivity contribution in [2.75, 3.05) is 25.5 Å². The number of hydrogen-bond donors (Lipinski definition) is 2. The van der Waals surface area contributed by atoms with Crippen LogP contribution in [0.3, 0.4) is 0 Å². The summed E-state index contributed by atoms with van der Waals surface area (Å²) in [6.07, 6.45) is 3.41. The molecule has 4 heterocycles. The summed E-state index contributed by atoms with van der Waals surface area (Å²) in [7, 11) is 1.71. The van der Waals surface area contributed by atoms with Crippen molar-refractivity contribution in [1.29, 1.82) is 0 Å². The molecule has 5 aliphatic rings. The van der Waals surface area contributed by atoms with Crippen LogP contribution in [0.25, 0.3) is 0 Å². The molecule has 0 radical (unpaired) electrons. The number of ether oxygens (including phenoxy) is 2. The molecule has 1 aromatic rings. The van der Waals surface area contributed by atoms with Crippen molar-refractivity contribution in [3.8, 4) is 5.75 Å². The van der Waals surface area contributed by atoms with Crippen LogP contribution in [0.2, 0.25) is 0 Å². The highest BCUT2D eigenvalue weighted by atomic mass is 16.6. The molecule has 6 rings (SSSR count). The van der Waals surface area contributed by atoms with Crippen LogP contribution in [-0.2, 0) is 10.2 Å². The van der Waals surface area contributed by atoms with Gasteiger partial charge in [-0.15, -0.1) is 0 Å². The van der Waals surface area contributed by atoms with Gasteiger partial charge in [0.2, 0.25) is 6.29 Å². The first kappa shape index (κ1) is 13.6. The molecule has 1 aromatic carbocycles. The minimum absolute atomic E-state index is 0.0932. The molecule has 24 heavy (non-hydrogen) atoms. The third-order valence-corrected chi connectivity index (χ3v) is 7.32. The Morgan fingerprint density at radius 2 is 2.33 bits per heavy atom. The molecule has 3 fully saturated rings. The van der Waals surface area contributed by atoms with E-state index >= 15 is 0 Å². The quantitative estimate of drug-likeness (QED) is 0.822. The van der Waals surface area contributed by atoms with Gasteiger partial charge >= 0.3 is 0 Å². The molecule has 126 valence electrons. The SMILES string of the molecule is COc1ccc2c(c1)NC1C3C(O)OC=C4CN5CCC21C5CC43. The van der Waals surface area contributed by atoms with Gasteiger partial charge in [-0.2, -0.15) is 0 Å². The Bertz CT molecular complexity index is 763. The lowest BCUT2D eigenvalue weighted by Crippen LogP contribution is -2.65. The summed E-state index contributed by atoms with van der Waals surface area (Å²) >= 11 is 0. The summed E-state index contributed by atoms with van der Waals surface area (Å²) in [5, 5.41) is 14.4. The number of nitrogens with zero attached hydrogens (tertiary/aromatic N) is 1. The number of hydrogen-bond acceptors (Lipinski definition) is 5. The molecule has 6 atom stereocenters. The highest BCUT2D eigenvalue weighted by molar-refractivity contribution is 5.67. The molecule has 2 N–H and O–H groups in total. The second-order valence-corrected chi connectivity index (χ2v) is 7.95. The van der Waals surface area contributed by atoms with Crippen molar-refractivity contribution in [2.45, 2.75) is 36.6 Å². The van der Waals surface area contributed by atoms with Gasteiger partial charge in [0.15, 0.2) is 0 Å². The lowest BCUT2D eigenvalue weighted by atomic mass is 9.55. The average molecular weight is 326 g/mol. The first-order chi connectivity index (χ1) is 11.7. The minimum Gasteiger partial charge on any atom is -0.497 e. The number of methoxy groups -OCH3 is 1. The molecule has 2 bridgehead atoms. The Hall–Kier alpha value is -1.72. The number of benzene rings is 1. The van der Waals surface area contributed by atoms with E-state index in [2.05, 4.69) is 28.4 Å². The van der Waals surface area contributed by atoms with E-state index in [1.807, 2.05) is 6.26 Å². The Labute approximate surface area is 141 Å². The van der Waals surface area contributed by atoms with Crippen molar-refractivity contribution >= 4 is 5.69 Å². The highest BCUT2D eigenvalue weighted by Crippen LogP contribution is 2.62. The standard InChI is InChI=1S/C19H22N2O3/c1-23-11-2-3-13-14(6-11)20-17-16-12-7-15-19(13,17)4-5-21(15)8-10(12)9-24-18(16)22/h2-3,6,9,12,15-18,20,22H,4-5,7-8H2,1H3. The largest absolute Gasteiger partial charge is 0.497 e. The molecule has 0 aromatic heterocycles. The normalized spacial score (nSPS) is 44.1. The Kier molecular flexibility index (Phi) is 2.41. The summed E-state index contributed by atoms with van der Waals surface area (Å²) in [4.78, 5) is 2.63. The van der Waals surface area contributed by atoms with E-state index in [1.54, 1.807) is 7.11 Å². The van der Waals surface area contributed by atoms with E-state index in [1.165, 1.54) is 16.8 Å². The number of aliphatic hydroxyl groups excluding tert-OH is 1. The fourth-order valence-corrected chi connectivity index (χ4v) is 6.40. The summed E-state index contributed by atoms with van der Waals surface area (Å²) in [6.45, 7) is 2.12. The fraction of sp³-hybridized carbons (Fsp3) is 0.579. The van der Waals surface area contributed by atoms with Crippen LogP contribution in [0.5, 0.6) is 5.75 Å². The van der Waals surface area contributed by atoms with Crippen LogP contribution in [0.1, 0.15) is 18.4 Å². The number of rotatable bonds is 1. The van der Waals surface area contributed by atoms with Crippen LogP contribution in [0, 0.1) is 11.8 Å². The zero-order valence-corrected chi connectivity index (χ0v) is 13.7. The molecule has 1 saturated carbocycles. The molecule has 2 saturated heterocycles. The van der Waals surface area contributed by atoms with Gasteiger partial charge in [0, 0.05) is 41.7 Å². The van der Waals surface area contributed by atoms with Gasteiger partial charge in [0.25, 0.3) is 0 Å². The summed E-state index contributed by atoms with van der Waals surface area (Å²) in [5.74, 6) is 1.45. The van der Waals surface area contributed by atoms with Crippen LogP contribution < -0.4 is 10.1 Å².